The molecule has 1 unspecified atom stereocenters. The zero-order chi connectivity index (χ0) is 19.9. The van der Waals surface area contributed by atoms with Crippen molar-refractivity contribution in [3.63, 3.8) is 0 Å². The quantitative estimate of drug-likeness (QED) is 0.628. The molecule has 0 radical (unpaired) electrons. The van der Waals surface area contributed by atoms with Gasteiger partial charge in [0.25, 0.3) is 0 Å². The predicted octanol–water partition coefficient (Wildman–Crippen LogP) is 1.59. The Morgan fingerprint density at radius 2 is 2.07 bits per heavy atom. The second kappa shape index (κ2) is 6.64. The van der Waals surface area contributed by atoms with E-state index in [1.807, 2.05) is 12.2 Å². The normalized spacial score (nSPS) is 20.9. The fourth-order valence-electron chi connectivity index (χ4n) is 2.97. The molecule has 11 heteroatoms. The number of sulfone groups is 1. The third-order valence-corrected chi connectivity index (χ3v) is 6.59. The van der Waals surface area contributed by atoms with E-state index in [-0.39, 0.29) is 28.0 Å². The van der Waals surface area contributed by atoms with E-state index in [1.165, 1.54) is 24.3 Å². The van der Waals surface area contributed by atoms with Gasteiger partial charge >= 0.3 is 0 Å². The van der Waals surface area contributed by atoms with Crippen LogP contribution in [0.5, 0.6) is 0 Å². The molecule has 1 atom stereocenters. The number of hydrazone groups is 1. The molecule has 1 aromatic carbocycles. The molecular weight excluding hydrogens is 402 g/mol. The molecule has 4 N–H and O–H groups in total. The van der Waals surface area contributed by atoms with E-state index >= 15 is 0 Å². The Kier molecular flexibility index (Phi) is 4.39. The van der Waals surface area contributed by atoms with Gasteiger partial charge in [-0.3, -0.25) is 5.43 Å². The number of nitrogens with two attached hydrogens (primary N) is 1. The molecule has 2 aliphatic rings. The first-order valence-electron chi connectivity index (χ1n) is 8.44. The smallest absolute Gasteiger partial charge is 0.247 e. The second-order valence-corrected chi connectivity index (χ2v) is 9.24. The number of nitrogen functional groups attached to an aromatic ring is 1. The summed E-state index contributed by atoms with van der Waals surface area (Å²) in [6, 6.07) is 5.93. The molecule has 146 valence electrons. The zero-order valence-corrected chi connectivity index (χ0v) is 16.5. The van der Waals surface area contributed by atoms with Crippen molar-refractivity contribution in [3.8, 4) is 0 Å². The number of halogens is 1. The van der Waals surface area contributed by atoms with Crippen molar-refractivity contribution in [2.75, 3.05) is 11.2 Å². The molecule has 2 aromatic rings. The van der Waals surface area contributed by atoms with Crippen molar-refractivity contribution in [1.82, 2.24) is 20.3 Å². The van der Waals surface area contributed by atoms with Crippen LogP contribution in [-0.4, -0.2) is 35.0 Å². The van der Waals surface area contributed by atoms with Crippen LogP contribution < -0.4 is 16.6 Å². The minimum Gasteiger partial charge on any atom is -0.335 e. The summed E-state index contributed by atoms with van der Waals surface area (Å²) < 4.78 is 26.3. The standard InChI is InChI=1S/C17H18ClN7O2S/c1-17-7-6-13(8-11(17)9-20-24-17)21-16-23-22-15(25(16)19)10-28(26,27)14-4-2-12(18)3-5-14/h2-6,8-9,24H,7,10,19H2,1H3,(H,21,23). The van der Waals surface area contributed by atoms with Crippen LogP contribution in [0, 0.1) is 0 Å². The second-order valence-electron chi connectivity index (χ2n) is 6.81. The zero-order valence-electron chi connectivity index (χ0n) is 14.9. The Morgan fingerprint density at radius 1 is 1.32 bits per heavy atom. The summed E-state index contributed by atoms with van der Waals surface area (Å²) in [5.74, 6) is 6.01. The van der Waals surface area contributed by atoms with Crippen LogP contribution in [0.1, 0.15) is 19.2 Å². The number of anilines is 1. The van der Waals surface area contributed by atoms with Crippen molar-refractivity contribution in [2.45, 2.75) is 29.5 Å². The molecule has 0 spiro atoms. The fourth-order valence-corrected chi connectivity index (χ4v) is 4.35. The van der Waals surface area contributed by atoms with Gasteiger partial charge < -0.3 is 11.2 Å². The van der Waals surface area contributed by atoms with Gasteiger partial charge in [-0.15, -0.1) is 10.2 Å². The molecule has 1 aliphatic carbocycles. The Morgan fingerprint density at radius 3 is 2.82 bits per heavy atom. The number of benzene rings is 1. The highest BCUT2D eigenvalue weighted by atomic mass is 35.5. The van der Waals surface area contributed by atoms with Crippen molar-refractivity contribution >= 4 is 33.6 Å². The van der Waals surface area contributed by atoms with Crippen LogP contribution in [0.15, 0.2) is 57.7 Å². The van der Waals surface area contributed by atoms with Crippen LogP contribution in [0.25, 0.3) is 0 Å². The lowest BCUT2D eigenvalue weighted by molar-refractivity contribution is 0.461. The number of allylic oxidation sites excluding steroid dienone is 1. The van der Waals surface area contributed by atoms with E-state index < -0.39 is 9.84 Å². The molecule has 4 rings (SSSR count). The van der Waals surface area contributed by atoms with E-state index in [9.17, 15) is 8.42 Å². The van der Waals surface area contributed by atoms with Crippen molar-refractivity contribution in [2.24, 2.45) is 5.10 Å². The highest BCUT2D eigenvalue weighted by molar-refractivity contribution is 7.90. The van der Waals surface area contributed by atoms with E-state index in [4.69, 9.17) is 17.4 Å². The third kappa shape index (κ3) is 3.36. The van der Waals surface area contributed by atoms with Crippen molar-refractivity contribution in [1.29, 1.82) is 0 Å². The fraction of sp³-hybridized carbons (Fsp3) is 0.235. The van der Waals surface area contributed by atoms with Crippen LogP contribution in [-0.2, 0) is 15.6 Å². The summed E-state index contributed by atoms with van der Waals surface area (Å²) in [5, 5.41) is 15.5. The summed E-state index contributed by atoms with van der Waals surface area (Å²) in [6.45, 7) is 2.06. The summed E-state index contributed by atoms with van der Waals surface area (Å²) >= 11 is 5.81. The first kappa shape index (κ1) is 18.5. The van der Waals surface area contributed by atoms with Gasteiger partial charge in [0.05, 0.1) is 16.6 Å². The first-order chi connectivity index (χ1) is 13.3. The summed E-state index contributed by atoms with van der Waals surface area (Å²) in [4.78, 5) is 0.140. The first-order valence-corrected chi connectivity index (χ1v) is 10.5. The van der Waals surface area contributed by atoms with Crippen molar-refractivity contribution in [3.05, 3.63) is 58.5 Å². The number of nitrogens with one attached hydrogen (secondary N) is 2. The molecular formula is C17H18ClN7O2S. The monoisotopic (exact) mass is 419 g/mol. The number of rotatable bonds is 5. The van der Waals surface area contributed by atoms with Gasteiger partial charge in [-0.1, -0.05) is 17.7 Å². The van der Waals surface area contributed by atoms with Gasteiger partial charge in [0.15, 0.2) is 15.7 Å². The van der Waals surface area contributed by atoms with Crippen molar-refractivity contribution < 1.29 is 8.42 Å². The number of nitrogens with zero attached hydrogens (tertiary/aromatic N) is 4. The summed E-state index contributed by atoms with van der Waals surface area (Å²) in [5.41, 5.74) is 4.69. The minimum absolute atomic E-state index is 0.121. The molecule has 2 heterocycles. The lowest BCUT2D eigenvalue weighted by atomic mass is 9.86. The maximum atomic E-state index is 12.6. The highest BCUT2D eigenvalue weighted by Crippen LogP contribution is 2.30. The number of hydrogen-bond donors (Lipinski definition) is 3. The van der Waals surface area contributed by atoms with E-state index in [0.717, 1.165) is 22.4 Å². The van der Waals surface area contributed by atoms with Gasteiger partial charge in [0.2, 0.25) is 5.95 Å². The molecule has 9 nitrogen and oxygen atoms in total. The lowest BCUT2D eigenvalue weighted by Crippen LogP contribution is -2.38. The van der Waals surface area contributed by atoms with Gasteiger partial charge in [0, 0.05) is 16.3 Å². The van der Waals surface area contributed by atoms with Crippen LogP contribution in [0.4, 0.5) is 5.95 Å². The van der Waals surface area contributed by atoms with E-state index in [0.29, 0.717) is 5.02 Å². The molecule has 1 aliphatic heterocycles. The molecule has 28 heavy (non-hydrogen) atoms. The van der Waals surface area contributed by atoms with Crippen LogP contribution in [0.2, 0.25) is 5.02 Å². The van der Waals surface area contributed by atoms with Gasteiger partial charge in [-0.25, -0.2) is 13.1 Å². The number of aromatic nitrogens is 3. The van der Waals surface area contributed by atoms with E-state index in [2.05, 4.69) is 33.0 Å². The van der Waals surface area contributed by atoms with Crippen LogP contribution in [0.3, 0.4) is 0 Å². The molecule has 0 bridgehead atoms. The molecule has 0 amide bonds. The maximum absolute atomic E-state index is 12.6. The minimum atomic E-state index is -3.63. The highest BCUT2D eigenvalue weighted by Gasteiger charge is 2.33. The Balaban J connectivity index is 1.52. The number of hydrogen-bond acceptors (Lipinski definition) is 8. The molecule has 1 aromatic heterocycles. The molecule has 0 saturated carbocycles. The average molecular weight is 420 g/mol. The van der Waals surface area contributed by atoms with Gasteiger partial charge in [0.1, 0.15) is 5.75 Å². The molecule has 0 fully saturated rings. The number of fused-ring (bicyclic) bond motifs is 1. The average Bonchev–Trinajstić information content (AvgIpc) is 3.19. The Bertz CT molecular complexity index is 1120. The van der Waals surface area contributed by atoms with Gasteiger partial charge in [-0.05, 0) is 43.7 Å². The molecule has 0 saturated heterocycles. The topological polar surface area (TPSA) is 127 Å². The van der Waals surface area contributed by atoms with E-state index in [1.54, 1.807) is 6.21 Å². The predicted molar refractivity (Wildman–Crippen MR) is 107 cm³/mol. The summed E-state index contributed by atoms with van der Waals surface area (Å²) in [7, 11) is -3.63. The maximum Gasteiger partial charge on any atom is 0.247 e. The van der Waals surface area contributed by atoms with Gasteiger partial charge in [-0.2, -0.15) is 5.10 Å². The van der Waals surface area contributed by atoms with Crippen LogP contribution >= 0.6 is 11.6 Å². The summed E-state index contributed by atoms with van der Waals surface area (Å²) in [6.07, 6.45) is 6.43. The Hall–Kier alpha value is -2.85. The largest absolute Gasteiger partial charge is 0.335 e. The Labute approximate surface area is 166 Å². The SMILES string of the molecule is CC12CC=C(Nc3nnc(CS(=O)(=O)c4ccc(Cl)cc4)n3N)C=C1C=NN2. The third-order valence-electron chi connectivity index (χ3n) is 4.71. The lowest BCUT2D eigenvalue weighted by Gasteiger charge is -2.27.